The summed E-state index contributed by atoms with van der Waals surface area (Å²) in [5.41, 5.74) is 3.44. The molecule has 0 bridgehead atoms. The number of carboxylic acids is 2. The molecule has 0 aliphatic carbocycles. The van der Waals surface area contributed by atoms with Crippen LogP contribution in [0.5, 0.6) is 0 Å². The average Bonchev–Trinajstić information content (AvgIpc) is 2.93. The molecule has 2 N–H and O–H groups in total. The van der Waals surface area contributed by atoms with Crippen molar-refractivity contribution in [2.24, 2.45) is 0 Å². The molecule has 0 aromatic heterocycles. The van der Waals surface area contributed by atoms with Gasteiger partial charge in [0.05, 0.1) is 10.1 Å². The van der Waals surface area contributed by atoms with Crippen molar-refractivity contribution in [2.75, 3.05) is 37.6 Å². The molecule has 0 saturated carbocycles. The zero-order chi connectivity index (χ0) is 27.5. The number of anilines is 1. The van der Waals surface area contributed by atoms with Crippen LogP contribution in [0.25, 0.3) is 0 Å². The molecule has 8 nitrogen and oxygen atoms in total. The summed E-state index contributed by atoms with van der Waals surface area (Å²) in [7, 11) is -3.43. The summed E-state index contributed by atoms with van der Waals surface area (Å²) in [5.74, 6) is -3.65. The number of sulfone groups is 1. The Bertz CT molecular complexity index is 1260. The molecule has 9 heteroatoms. The van der Waals surface area contributed by atoms with Gasteiger partial charge in [-0.3, -0.25) is 4.90 Å². The maximum absolute atomic E-state index is 13.4. The second kappa shape index (κ2) is 13.7. The van der Waals surface area contributed by atoms with Crippen molar-refractivity contribution in [3.8, 4) is 0 Å². The zero-order valence-electron chi connectivity index (χ0n) is 21.4. The summed E-state index contributed by atoms with van der Waals surface area (Å²) in [6.07, 6.45) is 1.48. The molecule has 1 fully saturated rings. The van der Waals surface area contributed by atoms with Crippen LogP contribution in [0.1, 0.15) is 29.2 Å². The zero-order valence-corrected chi connectivity index (χ0v) is 22.3. The van der Waals surface area contributed by atoms with Crippen LogP contribution in [-0.4, -0.2) is 68.2 Å². The van der Waals surface area contributed by atoms with Crippen LogP contribution in [0, 0.1) is 6.92 Å². The highest BCUT2D eigenvalue weighted by molar-refractivity contribution is 7.91. The molecule has 38 heavy (non-hydrogen) atoms. The summed E-state index contributed by atoms with van der Waals surface area (Å²) in [6, 6.07) is 27.2. The largest absolute Gasteiger partial charge is 0.473 e. The smallest absolute Gasteiger partial charge is 0.414 e. The lowest BCUT2D eigenvalue weighted by atomic mass is 10.1. The minimum Gasteiger partial charge on any atom is -0.473 e. The van der Waals surface area contributed by atoms with Crippen LogP contribution in [0.2, 0.25) is 0 Å². The number of aliphatic carboxylic acids is 2. The Labute approximate surface area is 224 Å². The highest BCUT2D eigenvalue weighted by Gasteiger charge is 2.29. The van der Waals surface area contributed by atoms with Crippen LogP contribution in [0.15, 0.2) is 89.8 Å². The first-order valence-electron chi connectivity index (χ1n) is 12.5. The Morgan fingerprint density at radius 3 is 1.84 bits per heavy atom. The Hall–Kier alpha value is -3.69. The summed E-state index contributed by atoms with van der Waals surface area (Å²) >= 11 is 0. The van der Waals surface area contributed by atoms with Crippen molar-refractivity contribution in [3.63, 3.8) is 0 Å². The first kappa shape index (κ1) is 28.9. The molecule has 0 radical (unpaired) electrons. The van der Waals surface area contributed by atoms with Gasteiger partial charge in [-0.25, -0.2) is 18.0 Å². The molecule has 4 rings (SSSR count). The summed E-state index contributed by atoms with van der Waals surface area (Å²) in [6.45, 7) is 7.07. The second-order valence-electron chi connectivity index (χ2n) is 9.17. The molecule has 1 aliphatic heterocycles. The molecule has 1 saturated heterocycles. The third-order valence-electron chi connectivity index (χ3n) is 6.51. The van der Waals surface area contributed by atoms with E-state index < -0.39 is 27.0 Å². The first-order chi connectivity index (χ1) is 18.2. The molecule has 1 atom stereocenters. The van der Waals surface area contributed by atoms with Gasteiger partial charge in [0.2, 0.25) is 0 Å². The van der Waals surface area contributed by atoms with Crippen LogP contribution >= 0.6 is 0 Å². The fraction of sp³-hybridized carbons (Fsp3) is 0.310. The van der Waals surface area contributed by atoms with Gasteiger partial charge in [0.1, 0.15) is 0 Å². The van der Waals surface area contributed by atoms with Crippen LogP contribution in [0.3, 0.4) is 0 Å². The molecule has 3 aromatic carbocycles. The number of carboxylic acid groups (broad SMARTS) is 2. The van der Waals surface area contributed by atoms with Gasteiger partial charge in [-0.15, -0.1) is 0 Å². The second-order valence-corrected chi connectivity index (χ2v) is 11.3. The highest BCUT2D eigenvalue weighted by Crippen LogP contribution is 2.33. The summed E-state index contributed by atoms with van der Waals surface area (Å²) < 4.78 is 26.8. The number of nitrogens with zero attached hydrogens (tertiary/aromatic N) is 2. The SMILES string of the molecule is Cc1ccc(N2CCN(CCCC(c3ccccc3)S(=O)(=O)c3ccccc3)CC2)cc1.O=C(O)C(=O)O. The van der Waals surface area contributed by atoms with E-state index in [1.54, 1.807) is 24.3 Å². The molecule has 202 valence electrons. The Morgan fingerprint density at radius 1 is 0.789 bits per heavy atom. The van der Waals surface area contributed by atoms with E-state index in [-0.39, 0.29) is 0 Å². The average molecular weight is 539 g/mol. The van der Waals surface area contributed by atoms with Gasteiger partial charge >= 0.3 is 11.9 Å². The third kappa shape index (κ3) is 8.16. The molecule has 3 aromatic rings. The number of carbonyl (C=O) groups is 2. The minimum absolute atomic E-state index is 0.403. The fourth-order valence-electron chi connectivity index (χ4n) is 4.43. The number of rotatable bonds is 8. The van der Waals surface area contributed by atoms with E-state index in [0.29, 0.717) is 11.3 Å². The number of aryl methyl sites for hydroxylation is 1. The van der Waals surface area contributed by atoms with Crippen molar-refractivity contribution >= 4 is 27.5 Å². The molecule has 1 heterocycles. The number of piperazine rings is 1. The lowest BCUT2D eigenvalue weighted by molar-refractivity contribution is -0.159. The van der Waals surface area contributed by atoms with Gasteiger partial charge in [0.15, 0.2) is 9.84 Å². The van der Waals surface area contributed by atoms with Gasteiger partial charge in [-0.1, -0.05) is 66.2 Å². The van der Waals surface area contributed by atoms with E-state index in [1.807, 2.05) is 36.4 Å². The number of hydrogen-bond acceptors (Lipinski definition) is 6. The van der Waals surface area contributed by atoms with Crippen molar-refractivity contribution < 1.29 is 28.2 Å². The van der Waals surface area contributed by atoms with Crippen LogP contribution in [-0.2, 0) is 19.4 Å². The number of hydrogen-bond donors (Lipinski definition) is 2. The standard InChI is InChI=1S/C27H32N2O2S.C2H2O4/c1-23-14-16-25(17-15-23)29-21-19-28(20-22-29)18-8-13-27(24-9-4-2-5-10-24)32(30,31)26-11-6-3-7-12-26;3-1(4)2(5)6/h2-7,9-12,14-17,27H,8,13,18-22H2,1H3;(H,3,4)(H,5,6). The topological polar surface area (TPSA) is 115 Å². The number of benzene rings is 3. The molecular formula is C29H34N2O6S. The maximum atomic E-state index is 13.4. The van der Waals surface area contributed by atoms with Crippen molar-refractivity contribution in [3.05, 3.63) is 96.1 Å². The van der Waals surface area contributed by atoms with E-state index in [4.69, 9.17) is 19.8 Å². The molecular weight excluding hydrogens is 504 g/mol. The van der Waals surface area contributed by atoms with E-state index in [0.717, 1.165) is 44.7 Å². The minimum atomic E-state index is -3.43. The predicted molar refractivity (Wildman–Crippen MR) is 147 cm³/mol. The Morgan fingerprint density at radius 2 is 1.32 bits per heavy atom. The molecule has 0 spiro atoms. The van der Waals surface area contributed by atoms with Crippen molar-refractivity contribution in [1.29, 1.82) is 0 Å². The van der Waals surface area contributed by atoms with Crippen molar-refractivity contribution in [1.82, 2.24) is 4.90 Å². The molecule has 0 amide bonds. The Balaban J connectivity index is 0.000000599. The van der Waals surface area contributed by atoms with Gasteiger partial charge < -0.3 is 15.1 Å². The van der Waals surface area contributed by atoms with E-state index in [9.17, 15) is 8.42 Å². The first-order valence-corrected chi connectivity index (χ1v) is 14.1. The van der Waals surface area contributed by atoms with Crippen LogP contribution in [0.4, 0.5) is 5.69 Å². The summed E-state index contributed by atoms with van der Waals surface area (Å²) in [4.78, 5) is 23.5. The quantitative estimate of drug-likeness (QED) is 0.409. The lowest BCUT2D eigenvalue weighted by Gasteiger charge is -2.36. The highest BCUT2D eigenvalue weighted by atomic mass is 32.2. The molecule has 1 aliphatic rings. The Kier molecular flexibility index (Phi) is 10.4. The van der Waals surface area contributed by atoms with Crippen molar-refractivity contribution in [2.45, 2.75) is 29.9 Å². The van der Waals surface area contributed by atoms with Gasteiger partial charge in [0.25, 0.3) is 0 Å². The van der Waals surface area contributed by atoms with E-state index in [1.165, 1.54) is 11.3 Å². The van der Waals surface area contributed by atoms with Gasteiger partial charge in [0, 0.05) is 31.9 Å². The van der Waals surface area contributed by atoms with E-state index in [2.05, 4.69) is 41.0 Å². The fourth-order valence-corrected chi connectivity index (χ4v) is 6.29. The predicted octanol–water partition coefficient (Wildman–Crippen LogP) is 4.27. The lowest BCUT2D eigenvalue weighted by Crippen LogP contribution is -2.46. The summed E-state index contributed by atoms with van der Waals surface area (Å²) in [5, 5.41) is 14.3. The monoisotopic (exact) mass is 538 g/mol. The van der Waals surface area contributed by atoms with Gasteiger partial charge in [-0.05, 0) is 56.1 Å². The van der Waals surface area contributed by atoms with E-state index >= 15 is 0 Å². The normalized spacial score (nSPS) is 14.7. The van der Waals surface area contributed by atoms with Gasteiger partial charge in [-0.2, -0.15) is 0 Å². The third-order valence-corrected chi connectivity index (χ3v) is 8.70. The van der Waals surface area contributed by atoms with Crippen LogP contribution < -0.4 is 4.90 Å². The maximum Gasteiger partial charge on any atom is 0.414 e. The molecule has 1 unspecified atom stereocenters.